The third kappa shape index (κ3) is 4.04. The first-order valence-corrected chi connectivity index (χ1v) is 9.17. The zero-order chi connectivity index (χ0) is 20.3. The molecule has 0 bridgehead atoms. The standard InChI is InChI=1S/C21H24N4O3/c1-4-25-18-10-9-14(11-17(18)23-20(27)21(25)28)19(26)22-12-15-7-5-6-8-16(15)13-24(2)3/h5-11H,4,12-13H2,1-3H3,(H,22,26)(H,23,27). The van der Waals surface area contributed by atoms with Crippen LogP contribution in [-0.4, -0.2) is 34.5 Å². The van der Waals surface area contributed by atoms with Crippen molar-refractivity contribution in [2.75, 3.05) is 14.1 Å². The van der Waals surface area contributed by atoms with Crippen molar-refractivity contribution >= 4 is 16.9 Å². The SMILES string of the molecule is CCn1c(=O)c(=O)[nH]c2cc(C(=O)NCc3ccccc3CN(C)C)ccc21. The second-order valence-corrected chi connectivity index (χ2v) is 6.92. The lowest BCUT2D eigenvalue weighted by molar-refractivity contribution is 0.0951. The number of aromatic amines is 1. The van der Waals surface area contributed by atoms with Gasteiger partial charge < -0.3 is 19.8 Å². The largest absolute Gasteiger partial charge is 0.348 e. The van der Waals surface area contributed by atoms with E-state index in [9.17, 15) is 14.4 Å². The van der Waals surface area contributed by atoms with E-state index in [4.69, 9.17) is 0 Å². The molecule has 0 radical (unpaired) electrons. The van der Waals surface area contributed by atoms with Crippen molar-refractivity contribution < 1.29 is 4.79 Å². The maximum Gasteiger partial charge on any atom is 0.316 e. The van der Waals surface area contributed by atoms with Gasteiger partial charge in [-0.15, -0.1) is 0 Å². The molecule has 0 unspecified atom stereocenters. The Morgan fingerprint density at radius 3 is 2.50 bits per heavy atom. The van der Waals surface area contributed by atoms with Crippen LogP contribution in [0.5, 0.6) is 0 Å². The Bertz CT molecular complexity index is 1130. The topological polar surface area (TPSA) is 87.2 Å². The number of hydrogen-bond acceptors (Lipinski definition) is 4. The minimum atomic E-state index is -0.690. The molecule has 1 heterocycles. The molecular weight excluding hydrogens is 356 g/mol. The second-order valence-electron chi connectivity index (χ2n) is 6.92. The summed E-state index contributed by atoms with van der Waals surface area (Å²) in [5.74, 6) is -0.239. The number of carbonyl (C=O) groups excluding carboxylic acids is 1. The van der Waals surface area contributed by atoms with Gasteiger partial charge in [-0.3, -0.25) is 14.4 Å². The van der Waals surface area contributed by atoms with Crippen molar-refractivity contribution in [3.05, 3.63) is 79.9 Å². The molecule has 0 spiro atoms. The number of amides is 1. The van der Waals surface area contributed by atoms with E-state index in [2.05, 4.69) is 15.2 Å². The van der Waals surface area contributed by atoms with Crippen LogP contribution in [0.15, 0.2) is 52.1 Å². The second kappa shape index (κ2) is 8.22. The molecule has 3 aromatic rings. The third-order valence-corrected chi connectivity index (χ3v) is 4.60. The van der Waals surface area contributed by atoms with E-state index in [1.807, 2.05) is 38.4 Å². The minimum absolute atomic E-state index is 0.239. The number of benzene rings is 2. The Labute approximate surface area is 162 Å². The Morgan fingerprint density at radius 1 is 1.11 bits per heavy atom. The van der Waals surface area contributed by atoms with E-state index in [1.165, 1.54) is 4.57 Å². The lowest BCUT2D eigenvalue weighted by Gasteiger charge is -2.15. The summed E-state index contributed by atoms with van der Waals surface area (Å²) >= 11 is 0. The smallest absolute Gasteiger partial charge is 0.316 e. The summed E-state index contributed by atoms with van der Waals surface area (Å²) in [6, 6.07) is 12.9. The number of nitrogens with one attached hydrogen (secondary N) is 2. The van der Waals surface area contributed by atoms with Crippen LogP contribution in [0.3, 0.4) is 0 Å². The van der Waals surface area contributed by atoms with Crippen LogP contribution in [0.25, 0.3) is 11.0 Å². The van der Waals surface area contributed by atoms with Gasteiger partial charge in [-0.1, -0.05) is 24.3 Å². The van der Waals surface area contributed by atoms with Crippen LogP contribution in [0.2, 0.25) is 0 Å². The summed E-state index contributed by atoms with van der Waals surface area (Å²) in [5.41, 5.74) is 2.41. The predicted molar refractivity (Wildman–Crippen MR) is 110 cm³/mol. The van der Waals surface area contributed by atoms with Gasteiger partial charge in [0.05, 0.1) is 11.0 Å². The number of fused-ring (bicyclic) bond motifs is 1. The average molecular weight is 380 g/mol. The van der Waals surface area contributed by atoms with E-state index >= 15 is 0 Å². The molecule has 1 aromatic heterocycles. The molecule has 0 saturated heterocycles. The molecule has 146 valence electrons. The van der Waals surface area contributed by atoms with E-state index in [-0.39, 0.29) is 5.91 Å². The van der Waals surface area contributed by atoms with Gasteiger partial charge in [-0.25, -0.2) is 0 Å². The van der Waals surface area contributed by atoms with Gasteiger partial charge in [-0.2, -0.15) is 0 Å². The number of H-pyrrole nitrogens is 1. The monoisotopic (exact) mass is 380 g/mol. The van der Waals surface area contributed by atoms with Crippen LogP contribution in [0.1, 0.15) is 28.4 Å². The molecule has 7 heteroatoms. The molecule has 2 N–H and O–H groups in total. The maximum absolute atomic E-state index is 12.6. The fraction of sp³-hybridized carbons (Fsp3) is 0.286. The van der Waals surface area contributed by atoms with Gasteiger partial charge in [0.15, 0.2) is 0 Å². The molecule has 7 nitrogen and oxygen atoms in total. The van der Waals surface area contributed by atoms with Gasteiger partial charge >= 0.3 is 11.1 Å². The van der Waals surface area contributed by atoms with Crippen molar-refractivity contribution in [1.29, 1.82) is 0 Å². The third-order valence-electron chi connectivity index (χ3n) is 4.60. The number of rotatable bonds is 6. The maximum atomic E-state index is 12.6. The highest BCUT2D eigenvalue weighted by Gasteiger charge is 2.11. The summed E-state index contributed by atoms with van der Waals surface area (Å²) in [5, 5.41) is 2.93. The number of aryl methyl sites for hydroxylation is 1. The van der Waals surface area contributed by atoms with Gasteiger partial charge in [0.1, 0.15) is 0 Å². The molecule has 0 saturated carbocycles. The molecule has 0 atom stereocenters. The quantitative estimate of drug-likeness (QED) is 0.637. The average Bonchev–Trinajstić information content (AvgIpc) is 2.67. The highest BCUT2D eigenvalue weighted by atomic mass is 16.2. The van der Waals surface area contributed by atoms with Crippen molar-refractivity contribution in [3.63, 3.8) is 0 Å². The van der Waals surface area contributed by atoms with Crippen LogP contribution < -0.4 is 16.4 Å². The van der Waals surface area contributed by atoms with E-state index in [0.29, 0.717) is 29.7 Å². The fourth-order valence-electron chi connectivity index (χ4n) is 3.24. The number of hydrogen-bond donors (Lipinski definition) is 2. The molecule has 0 fully saturated rings. The first kappa shape index (κ1) is 19.6. The summed E-state index contributed by atoms with van der Waals surface area (Å²) in [4.78, 5) is 41.0. The van der Waals surface area contributed by atoms with E-state index in [1.54, 1.807) is 25.1 Å². The summed E-state index contributed by atoms with van der Waals surface area (Å²) < 4.78 is 1.40. The lowest BCUT2D eigenvalue weighted by Crippen LogP contribution is -2.36. The summed E-state index contributed by atoms with van der Waals surface area (Å²) in [6.07, 6.45) is 0. The van der Waals surface area contributed by atoms with Crippen LogP contribution in [-0.2, 0) is 19.6 Å². The van der Waals surface area contributed by atoms with Crippen LogP contribution in [0, 0.1) is 0 Å². The number of carbonyl (C=O) groups is 1. The number of aromatic nitrogens is 2. The molecule has 2 aromatic carbocycles. The molecular formula is C21H24N4O3. The molecule has 0 aliphatic heterocycles. The first-order valence-electron chi connectivity index (χ1n) is 9.17. The Morgan fingerprint density at radius 2 is 1.82 bits per heavy atom. The minimum Gasteiger partial charge on any atom is -0.348 e. The Balaban J connectivity index is 1.84. The van der Waals surface area contributed by atoms with Crippen molar-refractivity contribution in [2.45, 2.75) is 26.6 Å². The summed E-state index contributed by atoms with van der Waals surface area (Å²) in [7, 11) is 4.00. The normalized spacial score (nSPS) is 11.1. The number of nitrogens with zero attached hydrogens (tertiary/aromatic N) is 2. The van der Waals surface area contributed by atoms with Gasteiger partial charge in [0.25, 0.3) is 5.91 Å². The molecule has 28 heavy (non-hydrogen) atoms. The summed E-state index contributed by atoms with van der Waals surface area (Å²) in [6.45, 7) is 3.38. The first-order chi connectivity index (χ1) is 13.4. The van der Waals surface area contributed by atoms with Crippen LogP contribution in [0.4, 0.5) is 0 Å². The highest BCUT2D eigenvalue weighted by molar-refractivity contribution is 5.97. The molecule has 0 aliphatic rings. The highest BCUT2D eigenvalue weighted by Crippen LogP contribution is 2.13. The van der Waals surface area contributed by atoms with Crippen molar-refractivity contribution in [1.82, 2.24) is 19.8 Å². The molecule has 1 amide bonds. The Hall–Kier alpha value is -3.19. The zero-order valence-electron chi connectivity index (χ0n) is 16.3. The van der Waals surface area contributed by atoms with Crippen molar-refractivity contribution in [2.24, 2.45) is 0 Å². The predicted octanol–water partition coefficient (Wildman–Crippen LogP) is 1.70. The van der Waals surface area contributed by atoms with Gasteiger partial charge in [0.2, 0.25) is 0 Å². The Kier molecular flexibility index (Phi) is 5.75. The lowest BCUT2D eigenvalue weighted by atomic mass is 10.1. The molecule has 3 rings (SSSR count). The van der Waals surface area contributed by atoms with Gasteiger partial charge in [0, 0.05) is 25.2 Å². The van der Waals surface area contributed by atoms with E-state index < -0.39 is 11.1 Å². The molecule has 0 aliphatic carbocycles. The van der Waals surface area contributed by atoms with E-state index in [0.717, 1.165) is 17.7 Å². The van der Waals surface area contributed by atoms with Crippen molar-refractivity contribution in [3.8, 4) is 0 Å². The fourth-order valence-corrected chi connectivity index (χ4v) is 3.24. The van der Waals surface area contributed by atoms with Crippen LogP contribution >= 0.6 is 0 Å². The van der Waals surface area contributed by atoms with Gasteiger partial charge in [-0.05, 0) is 50.3 Å². The zero-order valence-corrected chi connectivity index (χ0v) is 16.3.